The van der Waals surface area contributed by atoms with Crippen LogP contribution in [0.5, 0.6) is 0 Å². The van der Waals surface area contributed by atoms with E-state index >= 15 is 0 Å². The van der Waals surface area contributed by atoms with Crippen molar-refractivity contribution in [3.63, 3.8) is 0 Å². The summed E-state index contributed by atoms with van der Waals surface area (Å²) in [6.07, 6.45) is 2.99. The molecular weight excluding hydrogens is 334 g/mol. The summed E-state index contributed by atoms with van der Waals surface area (Å²) in [7, 11) is 0. The number of carbonyl (C=O) groups excluding carboxylic acids is 1. The Morgan fingerprint density at radius 3 is 2.48 bits per heavy atom. The molecule has 138 valence electrons. The number of benzene rings is 2. The molecule has 2 heterocycles. The monoisotopic (exact) mass is 359 g/mol. The average Bonchev–Trinajstić information content (AvgIpc) is 2.67. The van der Waals surface area contributed by atoms with Crippen molar-refractivity contribution < 1.29 is 4.79 Å². The highest BCUT2D eigenvalue weighted by molar-refractivity contribution is 6.05. The number of amides is 1. The molecule has 1 fully saturated rings. The summed E-state index contributed by atoms with van der Waals surface area (Å²) in [5.74, 6) is 1.30. The Balaban J connectivity index is 1.47. The number of nitrogens with one attached hydrogen (secondary N) is 1. The molecule has 1 aliphatic heterocycles. The predicted octanol–water partition coefficient (Wildman–Crippen LogP) is 4.97. The van der Waals surface area contributed by atoms with Crippen LogP contribution >= 0.6 is 0 Å². The van der Waals surface area contributed by atoms with Crippen LogP contribution in [-0.4, -0.2) is 24.0 Å². The molecule has 2 unspecified atom stereocenters. The molecule has 4 heteroatoms. The number of hydrogen-bond acceptors (Lipinski definition) is 3. The van der Waals surface area contributed by atoms with Crippen molar-refractivity contribution in [2.24, 2.45) is 11.8 Å². The van der Waals surface area contributed by atoms with Gasteiger partial charge in [0.05, 0.1) is 17.4 Å². The van der Waals surface area contributed by atoms with Crippen molar-refractivity contribution in [3.05, 3.63) is 66.4 Å². The summed E-state index contributed by atoms with van der Waals surface area (Å²) < 4.78 is 0. The third-order valence-electron chi connectivity index (χ3n) is 5.21. The highest BCUT2D eigenvalue weighted by Crippen LogP contribution is 2.26. The summed E-state index contributed by atoms with van der Waals surface area (Å²) in [6, 6.07) is 17.7. The standard InChI is InChI=1S/C23H25N3O/c1-16-11-17(2)15-26(14-16)21-9-7-18(8-10-21)23(27)25-20-12-19-5-3-4-6-22(19)24-13-20/h3-10,12-13,16-17H,11,14-15H2,1-2H3,(H,25,27). The molecule has 4 rings (SSSR count). The van der Waals surface area contributed by atoms with Crippen LogP contribution < -0.4 is 10.2 Å². The van der Waals surface area contributed by atoms with E-state index in [-0.39, 0.29) is 5.91 Å². The Labute approximate surface area is 160 Å². The molecule has 0 saturated carbocycles. The molecular formula is C23H25N3O. The van der Waals surface area contributed by atoms with E-state index in [2.05, 4.69) is 41.2 Å². The van der Waals surface area contributed by atoms with E-state index in [1.807, 2.05) is 42.5 Å². The average molecular weight is 359 g/mol. The first-order chi connectivity index (χ1) is 13.1. The summed E-state index contributed by atoms with van der Waals surface area (Å²) in [5.41, 5.74) is 3.48. The van der Waals surface area contributed by atoms with Gasteiger partial charge in [0.25, 0.3) is 5.91 Å². The molecule has 1 N–H and O–H groups in total. The number of piperidine rings is 1. The van der Waals surface area contributed by atoms with Gasteiger partial charge in [-0.2, -0.15) is 0 Å². The van der Waals surface area contributed by atoms with Crippen molar-refractivity contribution in [2.45, 2.75) is 20.3 Å². The minimum atomic E-state index is -0.112. The van der Waals surface area contributed by atoms with E-state index in [4.69, 9.17) is 0 Å². The maximum absolute atomic E-state index is 12.6. The Morgan fingerprint density at radius 2 is 1.74 bits per heavy atom. The lowest BCUT2D eigenvalue weighted by atomic mass is 9.91. The van der Waals surface area contributed by atoms with Gasteiger partial charge in [-0.15, -0.1) is 0 Å². The number of hydrogen-bond donors (Lipinski definition) is 1. The molecule has 2 aromatic carbocycles. The van der Waals surface area contributed by atoms with Crippen molar-refractivity contribution in [1.82, 2.24) is 4.98 Å². The van der Waals surface area contributed by atoms with Crippen molar-refractivity contribution in [3.8, 4) is 0 Å². The van der Waals surface area contributed by atoms with Gasteiger partial charge in [0, 0.05) is 29.7 Å². The van der Waals surface area contributed by atoms with E-state index < -0.39 is 0 Å². The lowest BCUT2D eigenvalue weighted by molar-refractivity contribution is 0.102. The Hall–Kier alpha value is -2.88. The lowest BCUT2D eigenvalue weighted by Crippen LogP contribution is -2.38. The van der Waals surface area contributed by atoms with Crippen LogP contribution in [0.25, 0.3) is 10.9 Å². The fourth-order valence-corrected chi connectivity index (χ4v) is 4.04. The third-order valence-corrected chi connectivity index (χ3v) is 5.21. The van der Waals surface area contributed by atoms with Gasteiger partial charge < -0.3 is 10.2 Å². The zero-order valence-corrected chi connectivity index (χ0v) is 15.9. The third kappa shape index (κ3) is 3.95. The molecule has 3 aromatic rings. The van der Waals surface area contributed by atoms with Crippen LogP contribution in [0.15, 0.2) is 60.8 Å². The SMILES string of the molecule is CC1CC(C)CN(c2ccc(C(=O)Nc3cnc4ccccc4c3)cc2)C1. The van der Waals surface area contributed by atoms with Gasteiger partial charge >= 0.3 is 0 Å². The van der Waals surface area contributed by atoms with Crippen molar-refractivity contribution in [2.75, 3.05) is 23.3 Å². The zero-order chi connectivity index (χ0) is 18.8. The van der Waals surface area contributed by atoms with E-state index in [0.29, 0.717) is 23.1 Å². The molecule has 1 amide bonds. The van der Waals surface area contributed by atoms with Crippen LogP contribution in [0, 0.1) is 11.8 Å². The van der Waals surface area contributed by atoms with E-state index in [1.54, 1.807) is 6.20 Å². The van der Waals surface area contributed by atoms with Crippen molar-refractivity contribution >= 4 is 28.2 Å². The number of nitrogens with zero attached hydrogens (tertiary/aromatic N) is 2. The highest BCUT2D eigenvalue weighted by Gasteiger charge is 2.22. The summed E-state index contributed by atoms with van der Waals surface area (Å²) >= 11 is 0. The van der Waals surface area contributed by atoms with Crippen LogP contribution in [0.1, 0.15) is 30.6 Å². The van der Waals surface area contributed by atoms with Gasteiger partial charge in [0.15, 0.2) is 0 Å². The first-order valence-corrected chi connectivity index (χ1v) is 9.59. The van der Waals surface area contributed by atoms with Gasteiger partial charge in [0.2, 0.25) is 0 Å². The minimum Gasteiger partial charge on any atom is -0.371 e. The minimum absolute atomic E-state index is 0.112. The fraction of sp³-hybridized carbons (Fsp3) is 0.304. The first kappa shape index (κ1) is 17.5. The number of pyridine rings is 1. The highest BCUT2D eigenvalue weighted by atomic mass is 16.1. The topological polar surface area (TPSA) is 45.2 Å². The second kappa shape index (κ2) is 7.39. The number of aromatic nitrogens is 1. The predicted molar refractivity (Wildman–Crippen MR) is 111 cm³/mol. The van der Waals surface area contributed by atoms with E-state index in [9.17, 15) is 4.79 Å². The molecule has 27 heavy (non-hydrogen) atoms. The van der Waals surface area contributed by atoms with E-state index in [1.165, 1.54) is 12.1 Å². The quantitative estimate of drug-likeness (QED) is 0.718. The molecule has 0 radical (unpaired) electrons. The molecule has 2 atom stereocenters. The van der Waals surface area contributed by atoms with Gasteiger partial charge in [-0.05, 0) is 54.7 Å². The zero-order valence-electron chi connectivity index (χ0n) is 15.9. The molecule has 1 saturated heterocycles. The Morgan fingerprint density at radius 1 is 1.04 bits per heavy atom. The van der Waals surface area contributed by atoms with Crippen LogP contribution in [0.3, 0.4) is 0 Å². The van der Waals surface area contributed by atoms with Crippen LogP contribution in [0.4, 0.5) is 11.4 Å². The van der Waals surface area contributed by atoms with Crippen molar-refractivity contribution in [1.29, 1.82) is 0 Å². The molecule has 0 bridgehead atoms. The molecule has 0 aliphatic carbocycles. The summed E-state index contributed by atoms with van der Waals surface area (Å²) in [5, 5.41) is 3.96. The lowest BCUT2D eigenvalue weighted by Gasteiger charge is -2.36. The second-order valence-electron chi connectivity index (χ2n) is 7.77. The van der Waals surface area contributed by atoms with Gasteiger partial charge in [0.1, 0.15) is 0 Å². The first-order valence-electron chi connectivity index (χ1n) is 9.59. The number of carbonyl (C=O) groups is 1. The maximum atomic E-state index is 12.6. The number of anilines is 2. The van der Waals surface area contributed by atoms with Gasteiger partial charge in [-0.1, -0.05) is 32.0 Å². The summed E-state index contributed by atoms with van der Waals surface area (Å²) in [4.78, 5) is 19.4. The Kier molecular flexibility index (Phi) is 4.80. The van der Waals surface area contributed by atoms with Crippen LogP contribution in [-0.2, 0) is 0 Å². The number of fused-ring (bicyclic) bond motifs is 1. The molecule has 0 spiro atoms. The van der Waals surface area contributed by atoms with Gasteiger partial charge in [-0.25, -0.2) is 0 Å². The molecule has 4 nitrogen and oxygen atoms in total. The molecule has 1 aliphatic rings. The fourth-order valence-electron chi connectivity index (χ4n) is 4.04. The normalized spacial score (nSPS) is 19.9. The Bertz CT molecular complexity index is 941. The van der Waals surface area contributed by atoms with Crippen LogP contribution in [0.2, 0.25) is 0 Å². The van der Waals surface area contributed by atoms with Gasteiger partial charge in [-0.3, -0.25) is 9.78 Å². The second-order valence-corrected chi connectivity index (χ2v) is 7.77. The number of para-hydroxylation sites is 1. The molecule has 1 aromatic heterocycles. The largest absolute Gasteiger partial charge is 0.371 e. The number of rotatable bonds is 3. The smallest absolute Gasteiger partial charge is 0.255 e. The summed E-state index contributed by atoms with van der Waals surface area (Å²) in [6.45, 7) is 6.78. The maximum Gasteiger partial charge on any atom is 0.255 e. The van der Waals surface area contributed by atoms with E-state index in [0.717, 1.165) is 24.0 Å².